The minimum atomic E-state index is 0.605. The van der Waals surface area contributed by atoms with Crippen molar-refractivity contribution < 1.29 is 0 Å². The predicted molar refractivity (Wildman–Crippen MR) is 109 cm³/mol. The summed E-state index contributed by atoms with van der Waals surface area (Å²) in [6.45, 7) is 14.6. The first-order valence-electron chi connectivity index (χ1n) is 9.69. The van der Waals surface area contributed by atoms with Gasteiger partial charge in [-0.15, -0.1) is 0 Å². The van der Waals surface area contributed by atoms with E-state index in [1.165, 1.54) is 22.4 Å². The van der Waals surface area contributed by atoms with Crippen LogP contribution in [0.2, 0.25) is 0 Å². The molecule has 0 saturated carbocycles. The number of rotatable bonds is 5. The molecule has 0 radical (unpaired) electrons. The largest absolute Gasteiger partial charge is 0.369 e. The Bertz CT molecular complexity index is 647. The van der Waals surface area contributed by atoms with Crippen LogP contribution >= 0.6 is 0 Å². The molecule has 2 heteroatoms. The van der Waals surface area contributed by atoms with Gasteiger partial charge in [-0.1, -0.05) is 64.1 Å². The summed E-state index contributed by atoms with van der Waals surface area (Å²) in [6, 6.07) is 18.3. The molecule has 2 aromatic carbocycles. The number of hydrogen-bond acceptors (Lipinski definition) is 2. The molecule has 1 saturated heterocycles. The van der Waals surface area contributed by atoms with E-state index in [0.717, 1.165) is 32.7 Å². The Morgan fingerprint density at radius 1 is 0.680 bits per heavy atom. The lowest BCUT2D eigenvalue weighted by molar-refractivity contribution is 0.250. The Balaban J connectivity index is 1.53. The Labute approximate surface area is 153 Å². The van der Waals surface area contributed by atoms with Crippen molar-refractivity contribution in [3.63, 3.8) is 0 Å². The summed E-state index contributed by atoms with van der Waals surface area (Å²) >= 11 is 0. The fraction of sp³-hybridized carbons (Fsp3) is 0.478. The van der Waals surface area contributed by atoms with Gasteiger partial charge in [0, 0.05) is 38.4 Å². The van der Waals surface area contributed by atoms with Gasteiger partial charge in [0.15, 0.2) is 0 Å². The maximum atomic E-state index is 2.57. The molecule has 0 amide bonds. The fourth-order valence-corrected chi connectivity index (χ4v) is 3.50. The summed E-state index contributed by atoms with van der Waals surface area (Å²) < 4.78 is 0. The maximum Gasteiger partial charge on any atom is 0.0367 e. The average molecular weight is 337 g/mol. The highest BCUT2D eigenvalue weighted by Crippen LogP contribution is 2.22. The average Bonchev–Trinajstić information content (AvgIpc) is 2.63. The third-order valence-corrected chi connectivity index (χ3v) is 5.35. The summed E-state index contributed by atoms with van der Waals surface area (Å²) in [5, 5.41) is 0. The molecule has 1 aliphatic heterocycles. The van der Waals surface area contributed by atoms with E-state index in [2.05, 4.69) is 86.0 Å². The molecule has 0 spiro atoms. The second-order valence-electron chi connectivity index (χ2n) is 7.91. The van der Waals surface area contributed by atoms with E-state index in [-0.39, 0.29) is 0 Å². The van der Waals surface area contributed by atoms with Gasteiger partial charge in [0.1, 0.15) is 0 Å². The van der Waals surface area contributed by atoms with Crippen LogP contribution < -0.4 is 4.90 Å². The minimum absolute atomic E-state index is 0.605. The second-order valence-corrected chi connectivity index (χ2v) is 7.91. The first-order valence-corrected chi connectivity index (χ1v) is 9.69. The van der Waals surface area contributed by atoms with Crippen LogP contribution in [0.3, 0.4) is 0 Å². The number of hydrogen-bond donors (Lipinski definition) is 0. The Morgan fingerprint density at radius 3 is 1.64 bits per heavy atom. The van der Waals surface area contributed by atoms with Crippen LogP contribution in [-0.2, 0) is 6.54 Å². The lowest BCUT2D eigenvalue weighted by Gasteiger charge is -2.36. The van der Waals surface area contributed by atoms with E-state index in [1.807, 2.05) is 0 Å². The highest BCUT2D eigenvalue weighted by molar-refractivity contribution is 5.48. The number of benzene rings is 2. The minimum Gasteiger partial charge on any atom is -0.369 e. The smallest absolute Gasteiger partial charge is 0.0367 e. The number of piperazine rings is 1. The Morgan fingerprint density at radius 2 is 1.16 bits per heavy atom. The van der Waals surface area contributed by atoms with E-state index in [1.54, 1.807) is 0 Å². The van der Waals surface area contributed by atoms with Crippen LogP contribution in [-0.4, -0.2) is 31.1 Å². The van der Waals surface area contributed by atoms with Gasteiger partial charge in [-0.05, 0) is 40.7 Å². The van der Waals surface area contributed by atoms with Crippen LogP contribution in [0.15, 0.2) is 48.5 Å². The van der Waals surface area contributed by atoms with Crippen LogP contribution in [0.5, 0.6) is 0 Å². The van der Waals surface area contributed by atoms with E-state index >= 15 is 0 Å². The van der Waals surface area contributed by atoms with Crippen LogP contribution in [0.1, 0.15) is 56.2 Å². The second kappa shape index (κ2) is 8.05. The van der Waals surface area contributed by atoms with E-state index in [4.69, 9.17) is 0 Å². The molecule has 25 heavy (non-hydrogen) atoms. The molecule has 1 fully saturated rings. The zero-order chi connectivity index (χ0) is 17.8. The van der Waals surface area contributed by atoms with Crippen molar-refractivity contribution in [3.05, 3.63) is 65.2 Å². The van der Waals surface area contributed by atoms with Crippen molar-refractivity contribution in [2.24, 2.45) is 0 Å². The molecule has 0 atom stereocenters. The third-order valence-electron chi connectivity index (χ3n) is 5.35. The van der Waals surface area contributed by atoms with Crippen molar-refractivity contribution in [2.45, 2.75) is 46.1 Å². The van der Waals surface area contributed by atoms with Gasteiger partial charge in [-0.3, -0.25) is 4.90 Å². The SMILES string of the molecule is CC(C)c1ccc(CN2CCN(c3ccc(C(C)C)cc3)CC2)cc1. The van der Waals surface area contributed by atoms with Gasteiger partial charge >= 0.3 is 0 Å². The molecule has 0 N–H and O–H groups in total. The zero-order valence-electron chi connectivity index (χ0n) is 16.2. The van der Waals surface area contributed by atoms with Crippen molar-refractivity contribution >= 4 is 5.69 Å². The first-order chi connectivity index (χ1) is 12.0. The van der Waals surface area contributed by atoms with E-state index < -0.39 is 0 Å². The Kier molecular flexibility index (Phi) is 5.80. The fourth-order valence-electron chi connectivity index (χ4n) is 3.50. The monoisotopic (exact) mass is 336 g/mol. The molecular formula is C23H32N2. The first kappa shape index (κ1) is 18.0. The summed E-state index contributed by atoms with van der Waals surface area (Å²) in [4.78, 5) is 5.09. The summed E-state index contributed by atoms with van der Waals surface area (Å²) in [7, 11) is 0. The molecule has 2 aromatic rings. The quantitative estimate of drug-likeness (QED) is 0.735. The lowest BCUT2D eigenvalue weighted by Crippen LogP contribution is -2.45. The molecule has 0 bridgehead atoms. The van der Waals surface area contributed by atoms with Crippen LogP contribution in [0.4, 0.5) is 5.69 Å². The molecule has 0 aromatic heterocycles. The number of anilines is 1. The predicted octanol–water partition coefficient (Wildman–Crippen LogP) is 5.26. The van der Waals surface area contributed by atoms with E-state index in [0.29, 0.717) is 11.8 Å². The van der Waals surface area contributed by atoms with Gasteiger partial charge in [0.05, 0.1) is 0 Å². The molecule has 2 nitrogen and oxygen atoms in total. The van der Waals surface area contributed by atoms with Gasteiger partial charge < -0.3 is 4.90 Å². The van der Waals surface area contributed by atoms with Gasteiger partial charge in [-0.2, -0.15) is 0 Å². The molecule has 1 heterocycles. The molecular weight excluding hydrogens is 304 g/mol. The summed E-state index contributed by atoms with van der Waals surface area (Å²) in [5.74, 6) is 1.22. The van der Waals surface area contributed by atoms with Crippen molar-refractivity contribution in [3.8, 4) is 0 Å². The Hall–Kier alpha value is -1.80. The van der Waals surface area contributed by atoms with Crippen LogP contribution in [0, 0.1) is 0 Å². The highest BCUT2D eigenvalue weighted by atomic mass is 15.3. The lowest BCUT2D eigenvalue weighted by atomic mass is 10.0. The topological polar surface area (TPSA) is 6.48 Å². The maximum absolute atomic E-state index is 2.57. The zero-order valence-corrected chi connectivity index (χ0v) is 16.2. The van der Waals surface area contributed by atoms with Crippen molar-refractivity contribution in [1.29, 1.82) is 0 Å². The molecule has 0 unspecified atom stereocenters. The summed E-state index contributed by atoms with van der Waals surface area (Å²) in [6.07, 6.45) is 0. The number of nitrogens with zero attached hydrogens (tertiary/aromatic N) is 2. The molecule has 3 rings (SSSR count). The van der Waals surface area contributed by atoms with Gasteiger partial charge in [0.2, 0.25) is 0 Å². The standard InChI is InChI=1S/C23H32N2/c1-18(2)21-7-5-20(6-8-21)17-24-13-15-25(16-14-24)23-11-9-22(10-12-23)19(3)4/h5-12,18-19H,13-17H2,1-4H3. The van der Waals surface area contributed by atoms with Gasteiger partial charge in [-0.25, -0.2) is 0 Å². The molecule has 0 aliphatic carbocycles. The van der Waals surface area contributed by atoms with E-state index in [9.17, 15) is 0 Å². The molecule has 1 aliphatic rings. The third kappa shape index (κ3) is 4.64. The highest BCUT2D eigenvalue weighted by Gasteiger charge is 2.17. The van der Waals surface area contributed by atoms with Gasteiger partial charge in [0.25, 0.3) is 0 Å². The summed E-state index contributed by atoms with van der Waals surface area (Å²) in [5.41, 5.74) is 5.65. The van der Waals surface area contributed by atoms with Crippen LogP contribution in [0.25, 0.3) is 0 Å². The normalized spacial score (nSPS) is 16.0. The van der Waals surface area contributed by atoms with Crippen molar-refractivity contribution in [1.82, 2.24) is 4.90 Å². The molecule has 134 valence electrons. The van der Waals surface area contributed by atoms with Crippen molar-refractivity contribution in [2.75, 3.05) is 31.1 Å².